The standard InChI is InChI=1S/C21H25N3O3S/c1-12(2)24-20(25)18-14-7-5-6-8-17(14)28-19(18)23-21(24)22-13-9-10-15(26-3)16(11-13)27-4/h9-12H,5-8H2,1-4H3,(H,22,23). The van der Waals surface area contributed by atoms with E-state index in [9.17, 15) is 4.79 Å². The molecule has 2 heterocycles. The number of benzene rings is 1. The molecule has 3 aromatic rings. The first-order valence-electron chi connectivity index (χ1n) is 9.59. The highest BCUT2D eigenvalue weighted by atomic mass is 32.1. The molecule has 0 aliphatic heterocycles. The number of ether oxygens (including phenoxy) is 2. The molecule has 4 rings (SSSR count). The molecule has 1 aromatic carbocycles. The van der Waals surface area contributed by atoms with Gasteiger partial charge in [-0.25, -0.2) is 4.98 Å². The Morgan fingerprint density at radius 3 is 2.61 bits per heavy atom. The van der Waals surface area contributed by atoms with Crippen molar-refractivity contribution >= 4 is 33.2 Å². The SMILES string of the molecule is COc1ccc(Nc2nc3sc4c(c3c(=O)n2C(C)C)CCCC4)cc1OC. The van der Waals surface area contributed by atoms with E-state index in [1.807, 2.05) is 32.0 Å². The fourth-order valence-corrected chi connectivity index (χ4v) is 5.08. The van der Waals surface area contributed by atoms with Crippen molar-refractivity contribution in [2.45, 2.75) is 45.6 Å². The van der Waals surface area contributed by atoms with Crippen LogP contribution in [-0.4, -0.2) is 23.8 Å². The molecule has 2 aromatic heterocycles. The molecule has 0 saturated carbocycles. The van der Waals surface area contributed by atoms with E-state index < -0.39 is 0 Å². The third-order valence-electron chi connectivity index (χ3n) is 5.18. The van der Waals surface area contributed by atoms with Crippen LogP contribution in [0.15, 0.2) is 23.0 Å². The summed E-state index contributed by atoms with van der Waals surface area (Å²) in [5.41, 5.74) is 2.05. The first-order valence-corrected chi connectivity index (χ1v) is 10.4. The van der Waals surface area contributed by atoms with Crippen LogP contribution in [0.5, 0.6) is 11.5 Å². The third kappa shape index (κ3) is 3.13. The average Bonchev–Trinajstić information content (AvgIpc) is 3.06. The Bertz CT molecular complexity index is 1080. The maximum Gasteiger partial charge on any atom is 0.264 e. The smallest absolute Gasteiger partial charge is 0.264 e. The Hall–Kier alpha value is -2.54. The lowest BCUT2D eigenvalue weighted by molar-refractivity contribution is 0.355. The Labute approximate surface area is 168 Å². The zero-order valence-electron chi connectivity index (χ0n) is 16.7. The van der Waals surface area contributed by atoms with Gasteiger partial charge in [-0.05, 0) is 57.2 Å². The Morgan fingerprint density at radius 1 is 1.14 bits per heavy atom. The van der Waals surface area contributed by atoms with Crippen LogP contribution in [0.1, 0.15) is 43.2 Å². The van der Waals surface area contributed by atoms with Crippen LogP contribution in [-0.2, 0) is 12.8 Å². The molecule has 148 valence electrons. The Balaban J connectivity index is 1.85. The molecule has 6 nitrogen and oxygen atoms in total. The van der Waals surface area contributed by atoms with E-state index in [1.54, 1.807) is 30.1 Å². The second kappa shape index (κ2) is 7.47. The number of hydrogen-bond acceptors (Lipinski definition) is 6. The van der Waals surface area contributed by atoms with Gasteiger partial charge in [-0.1, -0.05) is 0 Å². The summed E-state index contributed by atoms with van der Waals surface area (Å²) in [5.74, 6) is 1.83. The molecule has 0 saturated heterocycles. The number of aromatic nitrogens is 2. The van der Waals surface area contributed by atoms with Crippen molar-refractivity contribution in [3.05, 3.63) is 39.0 Å². The van der Waals surface area contributed by atoms with Gasteiger partial charge in [0.1, 0.15) is 4.83 Å². The van der Waals surface area contributed by atoms with Crippen molar-refractivity contribution in [1.82, 2.24) is 9.55 Å². The first-order chi connectivity index (χ1) is 13.5. The Morgan fingerprint density at radius 2 is 1.89 bits per heavy atom. The van der Waals surface area contributed by atoms with E-state index in [4.69, 9.17) is 14.5 Å². The Kier molecular flexibility index (Phi) is 5.02. The van der Waals surface area contributed by atoms with E-state index >= 15 is 0 Å². The summed E-state index contributed by atoms with van der Waals surface area (Å²) in [6.45, 7) is 4.01. The number of anilines is 2. The number of rotatable bonds is 5. The number of thiophene rings is 1. The summed E-state index contributed by atoms with van der Waals surface area (Å²) in [6, 6.07) is 5.56. The molecule has 28 heavy (non-hydrogen) atoms. The molecule has 1 N–H and O–H groups in total. The van der Waals surface area contributed by atoms with Crippen LogP contribution in [0, 0.1) is 0 Å². The van der Waals surface area contributed by atoms with Crippen LogP contribution >= 0.6 is 11.3 Å². The number of fused-ring (bicyclic) bond motifs is 3. The molecule has 0 amide bonds. The van der Waals surface area contributed by atoms with Gasteiger partial charge in [0.05, 0.1) is 19.6 Å². The van der Waals surface area contributed by atoms with Gasteiger partial charge in [0.15, 0.2) is 11.5 Å². The van der Waals surface area contributed by atoms with Gasteiger partial charge in [0.25, 0.3) is 5.56 Å². The largest absolute Gasteiger partial charge is 0.493 e. The highest BCUT2D eigenvalue weighted by molar-refractivity contribution is 7.18. The maximum atomic E-state index is 13.4. The normalized spacial score (nSPS) is 13.6. The average molecular weight is 400 g/mol. The number of aryl methyl sites for hydroxylation is 2. The van der Waals surface area contributed by atoms with Gasteiger partial charge in [0.2, 0.25) is 5.95 Å². The van der Waals surface area contributed by atoms with Crippen molar-refractivity contribution in [3.63, 3.8) is 0 Å². The quantitative estimate of drug-likeness (QED) is 0.675. The van der Waals surface area contributed by atoms with E-state index in [0.29, 0.717) is 17.4 Å². The second-order valence-electron chi connectivity index (χ2n) is 7.29. The zero-order valence-corrected chi connectivity index (χ0v) is 17.5. The summed E-state index contributed by atoms with van der Waals surface area (Å²) in [4.78, 5) is 20.4. The molecule has 0 radical (unpaired) electrons. The van der Waals surface area contributed by atoms with Gasteiger partial charge >= 0.3 is 0 Å². The van der Waals surface area contributed by atoms with Crippen molar-refractivity contribution in [2.75, 3.05) is 19.5 Å². The minimum Gasteiger partial charge on any atom is -0.493 e. The molecule has 1 aliphatic rings. The van der Waals surface area contributed by atoms with Crippen molar-refractivity contribution in [2.24, 2.45) is 0 Å². The van der Waals surface area contributed by atoms with E-state index in [2.05, 4.69) is 5.32 Å². The zero-order chi connectivity index (χ0) is 19.8. The molecule has 0 spiro atoms. The van der Waals surface area contributed by atoms with Gasteiger partial charge in [-0.3, -0.25) is 9.36 Å². The van der Waals surface area contributed by atoms with Crippen LogP contribution < -0.4 is 20.3 Å². The highest BCUT2D eigenvalue weighted by Gasteiger charge is 2.23. The maximum absolute atomic E-state index is 13.4. The summed E-state index contributed by atoms with van der Waals surface area (Å²) in [5, 5.41) is 4.13. The molecule has 0 atom stereocenters. The second-order valence-corrected chi connectivity index (χ2v) is 8.37. The lowest BCUT2D eigenvalue weighted by Gasteiger charge is -2.18. The molecule has 0 unspecified atom stereocenters. The highest BCUT2D eigenvalue weighted by Crippen LogP contribution is 2.36. The van der Waals surface area contributed by atoms with Gasteiger partial charge in [-0.15, -0.1) is 11.3 Å². The first kappa shape index (κ1) is 18.8. The van der Waals surface area contributed by atoms with Crippen LogP contribution in [0.25, 0.3) is 10.2 Å². The van der Waals surface area contributed by atoms with Crippen LogP contribution in [0.3, 0.4) is 0 Å². The third-order valence-corrected chi connectivity index (χ3v) is 6.36. The summed E-state index contributed by atoms with van der Waals surface area (Å²) < 4.78 is 12.4. The minimum atomic E-state index is -0.00816. The van der Waals surface area contributed by atoms with Gasteiger partial charge in [0, 0.05) is 22.7 Å². The predicted molar refractivity (Wildman–Crippen MR) is 114 cm³/mol. The number of nitrogens with zero attached hydrogens (tertiary/aromatic N) is 2. The topological polar surface area (TPSA) is 65.4 Å². The van der Waals surface area contributed by atoms with E-state index in [1.165, 1.54) is 16.9 Å². The molecule has 1 aliphatic carbocycles. The molecule has 0 fully saturated rings. The molecular weight excluding hydrogens is 374 g/mol. The van der Waals surface area contributed by atoms with Crippen molar-refractivity contribution in [1.29, 1.82) is 0 Å². The van der Waals surface area contributed by atoms with E-state index in [-0.39, 0.29) is 11.6 Å². The fraction of sp³-hybridized carbons (Fsp3) is 0.429. The summed E-state index contributed by atoms with van der Waals surface area (Å²) in [6.07, 6.45) is 4.36. The predicted octanol–water partition coefficient (Wildman–Crippen LogP) is 4.68. The van der Waals surface area contributed by atoms with Gasteiger partial charge in [-0.2, -0.15) is 0 Å². The minimum absolute atomic E-state index is 0.00816. The fourth-order valence-electron chi connectivity index (χ4n) is 3.83. The van der Waals surface area contributed by atoms with Crippen LogP contribution in [0.4, 0.5) is 11.6 Å². The lowest BCUT2D eigenvalue weighted by atomic mass is 9.97. The van der Waals surface area contributed by atoms with Gasteiger partial charge < -0.3 is 14.8 Å². The molecule has 7 heteroatoms. The van der Waals surface area contributed by atoms with Crippen molar-refractivity contribution in [3.8, 4) is 11.5 Å². The monoisotopic (exact) mass is 399 g/mol. The number of hydrogen-bond donors (Lipinski definition) is 1. The number of methoxy groups -OCH3 is 2. The molecule has 0 bridgehead atoms. The van der Waals surface area contributed by atoms with E-state index in [0.717, 1.165) is 35.2 Å². The number of nitrogens with one attached hydrogen (secondary N) is 1. The molecular formula is C21H25N3O3S. The summed E-state index contributed by atoms with van der Waals surface area (Å²) in [7, 11) is 3.21. The van der Waals surface area contributed by atoms with Crippen molar-refractivity contribution < 1.29 is 9.47 Å². The van der Waals surface area contributed by atoms with Crippen LogP contribution in [0.2, 0.25) is 0 Å². The lowest BCUT2D eigenvalue weighted by Crippen LogP contribution is -2.26. The summed E-state index contributed by atoms with van der Waals surface area (Å²) >= 11 is 1.66.